The van der Waals surface area contributed by atoms with Crippen LogP contribution < -0.4 is 26.4 Å². The summed E-state index contributed by atoms with van der Waals surface area (Å²) in [6.45, 7) is 7.31. The maximum absolute atomic E-state index is 12.8. The molecule has 0 aliphatic rings. The maximum Gasteiger partial charge on any atom is 0.328 e. The highest BCUT2D eigenvalue weighted by atomic mass is 16.5. The molecule has 0 spiro atoms. The summed E-state index contributed by atoms with van der Waals surface area (Å²) in [6.07, 6.45) is 7.21. The largest absolute Gasteiger partial charge is 0.464 e. The van der Waals surface area contributed by atoms with Gasteiger partial charge in [0.25, 0.3) is 10.9 Å². The molecule has 1 atom stereocenters. The monoisotopic (exact) mass is 515 g/mol. The van der Waals surface area contributed by atoms with E-state index in [0.29, 0.717) is 18.8 Å². The first-order valence-corrected chi connectivity index (χ1v) is 13.0. The Morgan fingerprint density at radius 3 is 2.39 bits per heavy atom. The van der Waals surface area contributed by atoms with Crippen molar-refractivity contribution in [2.45, 2.75) is 46.1 Å². The van der Waals surface area contributed by atoms with Gasteiger partial charge in [0, 0.05) is 54.6 Å². The van der Waals surface area contributed by atoms with Gasteiger partial charge in [-0.25, -0.2) is 9.78 Å². The zero-order chi connectivity index (χ0) is 27.1. The van der Waals surface area contributed by atoms with Gasteiger partial charge in [0.2, 0.25) is 0 Å². The summed E-state index contributed by atoms with van der Waals surface area (Å²) in [5, 5.41) is 8.33. The van der Waals surface area contributed by atoms with Crippen LogP contribution in [0.1, 0.15) is 39.2 Å². The second-order valence-electron chi connectivity index (χ2n) is 9.10. The number of nitrogens with zero attached hydrogens (tertiary/aromatic N) is 3. The maximum atomic E-state index is 12.8. The van der Waals surface area contributed by atoms with Gasteiger partial charge in [0.05, 0.1) is 6.61 Å². The lowest BCUT2D eigenvalue weighted by molar-refractivity contribution is -0.144. The molecule has 2 heterocycles. The van der Waals surface area contributed by atoms with Crippen molar-refractivity contribution >= 4 is 39.6 Å². The molecule has 2 aromatic heterocycles. The van der Waals surface area contributed by atoms with Crippen molar-refractivity contribution < 1.29 is 9.53 Å². The second-order valence-corrected chi connectivity index (χ2v) is 9.10. The van der Waals surface area contributed by atoms with Crippen LogP contribution in [0.25, 0.3) is 10.8 Å². The van der Waals surface area contributed by atoms with Crippen LogP contribution in [0.15, 0.2) is 64.6 Å². The van der Waals surface area contributed by atoms with Crippen molar-refractivity contribution in [1.29, 1.82) is 0 Å². The van der Waals surface area contributed by atoms with Gasteiger partial charge in [0.15, 0.2) is 0 Å². The van der Waals surface area contributed by atoms with Gasteiger partial charge < -0.3 is 20.3 Å². The third-order valence-electron chi connectivity index (χ3n) is 6.30. The predicted octanol–water partition coefficient (Wildman–Crippen LogP) is 4.18. The predicted molar refractivity (Wildman–Crippen MR) is 151 cm³/mol. The van der Waals surface area contributed by atoms with E-state index >= 15 is 0 Å². The van der Waals surface area contributed by atoms with Crippen molar-refractivity contribution in [2.24, 2.45) is 0 Å². The molecule has 0 aliphatic heterocycles. The molecule has 0 saturated heterocycles. The van der Waals surface area contributed by atoms with Crippen LogP contribution in [0.3, 0.4) is 0 Å². The molecule has 9 heteroatoms. The molecule has 0 unspecified atom stereocenters. The molecular weight excluding hydrogens is 482 g/mol. The molecule has 38 heavy (non-hydrogen) atoms. The number of hydrogen-bond acceptors (Lipinski definition) is 9. The summed E-state index contributed by atoms with van der Waals surface area (Å²) in [5.74, 6) is 0.250. The number of esters is 1. The molecule has 4 aromatic rings. The third kappa shape index (κ3) is 5.82. The topological polar surface area (TPSA) is 114 Å². The molecule has 9 nitrogen and oxygen atoms in total. The van der Waals surface area contributed by atoms with Crippen LogP contribution in [0.5, 0.6) is 0 Å². The smallest absolute Gasteiger partial charge is 0.328 e. The fraction of sp³-hybridized carbons (Fsp3) is 0.345. The summed E-state index contributed by atoms with van der Waals surface area (Å²) in [7, 11) is 0. The normalized spacial score (nSPS) is 11.9. The summed E-state index contributed by atoms with van der Waals surface area (Å²) >= 11 is 0. The Balaban J connectivity index is 1.53. The summed E-state index contributed by atoms with van der Waals surface area (Å²) in [4.78, 5) is 48.3. The van der Waals surface area contributed by atoms with E-state index in [4.69, 9.17) is 4.74 Å². The van der Waals surface area contributed by atoms with Crippen LogP contribution in [0.2, 0.25) is 0 Å². The van der Waals surface area contributed by atoms with E-state index in [-0.39, 0.29) is 18.7 Å². The van der Waals surface area contributed by atoms with Gasteiger partial charge >= 0.3 is 5.97 Å². The standard InChI is InChI=1S/C29H33N5O4/c1-4-15-34(16-5-2)25-24(26(35)27(25)36)33-23(29(37)38-6-3)17-19-7-9-21(10-8-19)32-28-22-12-13-30-18-20(22)11-14-31-28/h7-14,18,23,33H,4-6,15-17H2,1-3H3,(H,31,32)/t23-/m0/s1. The Kier molecular flexibility index (Phi) is 8.68. The van der Waals surface area contributed by atoms with E-state index in [2.05, 4.69) is 20.6 Å². The number of nitrogens with one attached hydrogen (secondary N) is 2. The summed E-state index contributed by atoms with van der Waals surface area (Å²) in [5.41, 5.74) is 1.17. The van der Waals surface area contributed by atoms with Gasteiger partial charge in [-0.2, -0.15) is 0 Å². The third-order valence-corrected chi connectivity index (χ3v) is 6.30. The van der Waals surface area contributed by atoms with Gasteiger partial charge in [-0.15, -0.1) is 0 Å². The first-order chi connectivity index (χ1) is 18.5. The number of carbonyl (C=O) groups excluding carboxylic acids is 1. The molecule has 0 amide bonds. The summed E-state index contributed by atoms with van der Waals surface area (Å²) < 4.78 is 5.28. The minimum Gasteiger partial charge on any atom is -0.464 e. The second kappa shape index (κ2) is 12.3. The molecule has 0 bridgehead atoms. The minimum absolute atomic E-state index is 0.199. The molecule has 198 valence electrons. The van der Waals surface area contributed by atoms with Gasteiger partial charge in [-0.05, 0) is 49.6 Å². The number of rotatable bonds is 13. The van der Waals surface area contributed by atoms with E-state index in [1.54, 1.807) is 25.5 Å². The van der Waals surface area contributed by atoms with Crippen molar-refractivity contribution in [3.8, 4) is 0 Å². The van der Waals surface area contributed by atoms with Crippen molar-refractivity contribution in [3.05, 3.63) is 81.0 Å². The van der Waals surface area contributed by atoms with E-state index in [9.17, 15) is 14.4 Å². The van der Waals surface area contributed by atoms with Crippen LogP contribution in [0, 0.1) is 0 Å². The van der Waals surface area contributed by atoms with E-state index < -0.39 is 22.9 Å². The highest BCUT2D eigenvalue weighted by molar-refractivity contribution is 5.92. The van der Waals surface area contributed by atoms with E-state index in [0.717, 1.165) is 40.7 Å². The number of benzene rings is 1. The Morgan fingerprint density at radius 2 is 1.71 bits per heavy atom. The highest BCUT2D eigenvalue weighted by Gasteiger charge is 2.30. The highest BCUT2D eigenvalue weighted by Crippen LogP contribution is 2.25. The van der Waals surface area contributed by atoms with Crippen molar-refractivity contribution in [1.82, 2.24) is 9.97 Å². The SMILES string of the molecule is CCCN(CCC)c1c(N[C@@H](Cc2ccc(Nc3nccc4cnccc34)cc2)C(=O)OCC)c(=O)c1=O. The van der Waals surface area contributed by atoms with Gasteiger partial charge in [-0.3, -0.25) is 14.6 Å². The summed E-state index contributed by atoms with van der Waals surface area (Å²) in [6, 6.07) is 10.6. The molecule has 0 radical (unpaired) electrons. The number of pyridine rings is 2. The van der Waals surface area contributed by atoms with Crippen molar-refractivity contribution in [3.63, 3.8) is 0 Å². The first kappa shape index (κ1) is 26.8. The lowest BCUT2D eigenvalue weighted by Crippen LogP contribution is -2.46. The average Bonchev–Trinajstić information content (AvgIpc) is 2.93. The van der Waals surface area contributed by atoms with Gasteiger partial charge in [-0.1, -0.05) is 26.0 Å². The minimum atomic E-state index is -0.812. The number of aromatic nitrogens is 2. The quantitative estimate of drug-likeness (QED) is 0.200. The number of carbonyl (C=O) groups is 1. The number of hydrogen-bond donors (Lipinski definition) is 2. The zero-order valence-corrected chi connectivity index (χ0v) is 22.0. The number of fused-ring (bicyclic) bond motifs is 1. The first-order valence-electron chi connectivity index (χ1n) is 13.0. The van der Waals surface area contributed by atoms with Gasteiger partial charge in [0.1, 0.15) is 23.2 Å². The Hall–Kier alpha value is -4.27. The van der Waals surface area contributed by atoms with Crippen molar-refractivity contribution in [2.75, 3.05) is 35.2 Å². The fourth-order valence-corrected chi connectivity index (χ4v) is 4.51. The Morgan fingerprint density at radius 1 is 0.974 bits per heavy atom. The Labute approximate surface area is 221 Å². The molecular formula is C29H33N5O4. The van der Waals surface area contributed by atoms with Crippen LogP contribution in [0.4, 0.5) is 22.9 Å². The molecule has 4 rings (SSSR count). The van der Waals surface area contributed by atoms with E-state index in [1.165, 1.54) is 0 Å². The molecule has 2 aromatic carbocycles. The lowest BCUT2D eigenvalue weighted by Gasteiger charge is -2.28. The molecule has 2 N–H and O–H groups in total. The Bertz CT molecular complexity index is 1450. The molecule has 0 fully saturated rings. The van der Waals surface area contributed by atoms with Crippen LogP contribution >= 0.6 is 0 Å². The molecule has 0 aliphatic carbocycles. The molecule has 0 saturated carbocycles. The van der Waals surface area contributed by atoms with Crippen LogP contribution in [-0.4, -0.2) is 41.7 Å². The number of ether oxygens (including phenoxy) is 1. The zero-order valence-electron chi connectivity index (χ0n) is 22.0. The fourth-order valence-electron chi connectivity index (χ4n) is 4.51. The van der Waals surface area contributed by atoms with Crippen LogP contribution in [-0.2, 0) is 16.0 Å². The lowest BCUT2D eigenvalue weighted by atomic mass is 10.0. The average molecular weight is 516 g/mol. The number of anilines is 4. The van der Waals surface area contributed by atoms with E-state index in [1.807, 2.05) is 55.1 Å².